The van der Waals surface area contributed by atoms with Crippen molar-refractivity contribution in [2.75, 3.05) is 5.32 Å². The maximum Gasteiger partial charge on any atom is 0.295 e. The lowest BCUT2D eigenvalue weighted by Gasteiger charge is -2.13. The number of carbonyl (C=O) groups excluding carboxylic acids is 1. The van der Waals surface area contributed by atoms with E-state index in [0.717, 1.165) is 5.69 Å². The number of hydrogen-bond acceptors (Lipinski definition) is 3. The highest BCUT2D eigenvalue weighted by atomic mass is 35.5. The summed E-state index contributed by atoms with van der Waals surface area (Å²) in [4.78, 5) is 24.9. The van der Waals surface area contributed by atoms with E-state index in [1.54, 1.807) is 18.7 Å². The first kappa shape index (κ1) is 20.0. The lowest BCUT2D eigenvalue weighted by atomic mass is 10.0. The molecule has 0 saturated carbocycles. The predicted molar refractivity (Wildman–Crippen MR) is 99.1 cm³/mol. The Hall–Kier alpha value is -2.05. The number of carbonyl (C=O) groups is 1. The average molecular weight is 353 g/mol. The summed E-state index contributed by atoms with van der Waals surface area (Å²) in [5, 5.41) is 2.70. The fourth-order valence-corrected chi connectivity index (χ4v) is 2.54. The Balaban J connectivity index is 0.00000288. The fraction of sp³-hybridized carbons (Fsp3) is 0.412. The second-order valence-electron chi connectivity index (χ2n) is 6.16. The largest absolute Gasteiger partial charge is 0.320 e. The van der Waals surface area contributed by atoms with Gasteiger partial charge < -0.3 is 11.1 Å². The quantitative estimate of drug-likeness (QED) is 0.865. The summed E-state index contributed by atoms with van der Waals surface area (Å²) in [6.45, 7) is 5.80. The Morgan fingerprint density at radius 2 is 1.83 bits per heavy atom. The molecule has 1 heterocycles. The molecule has 0 aliphatic carbocycles. The minimum absolute atomic E-state index is 0. The van der Waals surface area contributed by atoms with Crippen LogP contribution in [0.1, 0.15) is 26.0 Å². The first-order chi connectivity index (χ1) is 10.8. The van der Waals surface area contributed by atoms with E-state index in [2.05, 4.69) is 5.32 Å². The zero-order valence-corrected chi connectivity index (χ0v) is 15.3. The van der Waals surface area contributed by atoms with Crippen molar-refractivity contribution >= 4 is 24.0 Å². The maximum absolute atomic E-state index is 12.7. The lowest BCUT2D eigenvalue weighted by molar-refractivity contribution is -0.117. The molecule has 0 fully saturated rings. The molecule has 0 saturated heterocycles. The highest BCUT2D eigenvalue weighted by molar-refractivity contribution is 5.95. The smallest absolute Gasteiger partial charge is 0.295 e. The van der Waals surface area contributed by atoms with Crippen molar-refractivity contribution in [1.82, 2.24) is 9.36 Å². The molecule has 2 aromatic rings. The number of nitrogens with zero attached hydrogens (tertiary/aromatic N) is 2. The third-order valence-corrected chi connectivity index (χ3v) is 3.86. The van der Waals surface area contributed by atoms with E-state index in [1.165, 1.54) is 4.68 Å². The van der Waals surface area contributed by atoms with Gasteiger partial charge in [-0.3, -0.25) is 14.3 Å². The predicted octanol–water partition coefficient (Wildman–Crippen LogP) is 2.22. The molecule has 1 aromatic heterocycles. The molecule has 7 heteroatoms. The van der Waals surface area contributed by atoms with E-state index in [4.69, 9.17) is 5.73 Å². The number of nitrogens with one attached hydrogen (secondary N) is 1. The van der Waals surface area contributed by atoms with Crippen LogP contribution in [-0.2, 0) is 11.8 Å². The van der Waals surface area contributed by atoms with E-state index in [-0.39, 0.29) is 29.6 Å². The molecular formula is C17H25ClN4O2. The van der Waals surface area contributed by atoms with Gasteiger partial charge in [-0.05, 0) is 31.4 Å². The van der Waals surface area contributed by atoms with Crippen molar-refractivity contribution in [3.63, 3.8) is 0 Å². The highest BCUT2D eigenvalue weighted by Gasteiger charge is 2.21. The Morgan fingerprint density at radius 3 is 2.38 bits per heavy atom. The third-order valence-electron chi connectivity index (χ3n) is 3.86. The van der Waals surface area contributed by atoms with E-state index in [0.29, 0.717) is 18.0 Å². The number of amides is 1. The minimum atomic E-state index is -0.626. The van der Waals surface area contributed by atoms with Crippen molar-refractivity contribution in [3.8, 4) is 5.69 Å². The van der Waals surface area contributed by atoms with Crippen molar-refractivity contribution in [1.29, 1.82) is 0 Å². The number of nitrogens with two attached hydrogens (primary N) is 1. The highest BCUT2D eigenvalue weighted by Crippen LogP contribution is 2.14. The maximum atomic E-state index is 12.7. The number of rotatable bonds is 5. The zero-order valence-electron chi connectivity index (χ0n) is 14.4. The molecule has 1 amide bonds. The van der Waals surface area contributed by atoms with E-state index in [9.17, 15) is 9.59 Å². The van der Waals surface area contributed by atoms with Crippen LogP contribution in [0.25, 0.3) is 5.69 Å². The SMILES string of the molecule is Cc1c(NC(=O)C(N)CC(C)C)c(=O)n(-c2ccccc2)n1C.Cl. The van der Waals surface area contributed by atoms with Gasteiger partial charge >= 0.3 is 0 Å². The number of para-hydroxylation sites is 1. The van der Waals surface area contributed by atoms with Crippen molar-refractivity contribution < 1.29 is 4.79 Å². The van der Waals surface area contributed by atoms with Gasteiger partial charge in [0.25, 0.3) is 5.56 Å². The van der Waals surface area contributed by atoms with Gasteiger partial charge in [0.05, 0.1) is 17.4 Å². The molecule has 3 N–H and O–H groups in total. The molecule has 132 valence electrons. The Kier molecular flexibility index (Phi) is 6.81. The zero-order chi connectivity index (χ0) is 17.1. The van der Waals surface area contributed by atoms with Crippen LogP contribution in [0.5, 0.6) is 0 Å². The molecule has 0 radical (unpaired) electrons. The van der Waals surface area contributed by atoms with Gasteiger partial charge in [0.1, 0.15) is 5.69 Å². The van der Waals surface area contributed by atoms with Gasteiger partial charge in [-0.1, -0.05) is 32.0 Å². The summed E-state index contributed by atoms with van der Waals surface area (Å²) in [6, 6.07) is 8.67. The van der Waals surface area contributed by atoms with Gasteiger partial charge in [0.2, 0.25) is 5.91 Å². The minimum Gasteiger partial charge on any atom is -0.320 e. The van der Waals surface area contributed by atoms with Crippen LogP contribution in [0.3, 0.4) is 0 Å². The first-order valence-electron chi connectivity index (χ1n) is 7.73. The van der Waals surface area contributed by atoms with E-state index >= 15 is 0 Å². The second-order valence-corrected chi connectivity index (χ2v) is 6.16. The monoisotopic (exact) mass is 352 g/mol. The summed E-state index contributed by atoms with van der Waals surface area (Å²) in [7, 11) is 1.79. The third kappa shape index (κ3) is 4.07. The normalized spacial score (nSPS) is 11.9. The van der Waals surface area contributed by atoms with Crippen molar-refractivity contribution in [2.45, 2.75) is 33.2 Å². The van der Waals surface area contributed by atoms with Crippen LogP contribution in [0.15, 0.2) is 35.1 Å². The van der Waals surface area contributed by atoms with Crippen LogP contribution in [0.2, 0.25) is 0 Å². The topological polar surface area (TPSA) is 82.1 Å². The second kappa shape index (κ2) is 8.17. The van der Waals surface area contributed by atoms with Gasteiger partial charge in [0, 0.05) is 7.05 Å². The number of hydrogen-bond donors (Lipinski definition) is 2. The molecule has 0 bridgehead atoms. The summed E-state index contributed by atoms with van der Waals surface area (Å²) < 4.78 is 3.25. The molecule has 24 heavy (non-hydrogen) atoms. The Bertz CT molecular complexity index is 750. The molecule has 0 aliphatic heterocycles. The Labute approximate surface area is 148 Å². The molecule has 1 aromatic carbocycles. The van der Waals surface area contributed by atoms with Crippen LogP contribution >= 0.6 is 12.4 Å². The van der Waals surface area contributed by atoms with Crippen LogP contribution in [-0.4, -0.2) is 21.3 Å². The molecule has 0 aliphatic rings. The molecule has 1 unspecified atom stereocenters. The average Bonchev–Trinajstić information content (AvgIpc) is 2.71. The molecule has 0 spiro atoms. The van der Waals surface area contributed by atoms with Gasteiger partial charge in [-0.25, -0.2) is 4.68 Å². The van der Waals surface area contributed by atoms with Gasteiger partial charge in [0.15, 0.2) is 0 Å². The number of anilines is 1. The molecule has 1 atom stereocenters. The number of halogens is 1. The van der Waals surface area contributed by atoms with Crippen LogP contribution < -0.4 is 16.6 Å². The molecular weight excluding hydrogens is 328 g/mol. The van der Waals surface area contributed by atoms with Crippen LogP contribution in [0, 0.1) is 12.8 Å². The summed E-state index contributed by atoms with van der Waals surface area (Å²) in [5.41, 5.74) is 7.34. The number of aromatic nitrogens is 2. The van der Waals surface area contributed by atoms with E-state index < -0.39 is 6.04 Å². The van der Waals surface area contributed by atoms with E-state index in [1.807, 2.05) is 44.2 Å². The van der Waals surface area contributed by atoms with Crippen molar-refractivity contribution in [2.24, 2.45) is 18.7 Å². The van der Waals surface area contributed by atoms with Gasteiger partial charge in [-0.2, -0.15) is 0 Å². The summed E-state index contributed by atoms with van der Waals surface area (Å²) in [6.07, 6.45) is 0.574. The Morgan fingerprint density at radius 1 is 1.25 bits per heavy atom. The van der Waals surface area contributed by atoms with Gasteiger partial charge in [-0.15, -0.1) is 12.4 Å². The molecule has 2 rings (SSSR count). The lowest BCUT2D eigenvalue weighted by Crippen LogP contribution is -2.37. The van der Waals surface area contributed by atoms with Crippen LogP contribution in [0.4, 0.5) is 5.69 Å². The standard InChI is InChI=1S/C17H24N4O2.ClH/c1-11(2)10-14(18)16(22)19-15-12(3)20(4)21(17(15)23)13-8-6-5-7-9-13;/h5-9,11,14H,10,18H2,1-4H3,(H,19,22);1H. The summed E-state index contributed by atoms with van der Waals surface area (Å²) >= 11 is 0. The fourth-order valence-electron chi connectivity index (χ4n) is 2.54. The summed E-state index contributed by atoms with van der Waals surface area (Å²) in [5.74, 6) is -0.0155. The van der Waals surface area contributed by atoms with Crippen molar-refractivity contribution in [3.05, 3.63) is 46.4 Å². The number of benzene rings is 1. The first-order valence-corrected chi connectivity index (χ1v) is 7.73. The molecule has 6 nitrogen and oxygen atoms in total.